The molecule has 0 unspecified atom stereocenters. The number of rotatable bonds is 2. The molecule has 1 aromatic heterocycles. The van der Waals surface area contributed by atoms with E-state index in [1.54, 1.807) is 12.1 Å². The van der Waals surface area contributed by atoms with Crippen LogP contribution in [0.2, 0.25) is 0 Å². The van der Waals surface area contributed by atoms with E-state index in [9.17, 15) is 9.59 Å². The van der Waals surface area contributed by atoms with Crippen molar-refractivity contribution in [3.05, 3.63) is 40.2 Å². The Bertz CT molecular complexity index is 599. The minimum absolute atomic E-state index is 0.0510. The molecule has 0 aliphatic heterocycles. The number of carbonyl (C=O) groups excluding carboxylic acids is 1. The van der Waals surface area contributed by atoms with Crippen molar-refractivity contribution in [1.29, 1.82) is 0 Å². The van der Waals surface area contributed by atoms with Gasteiger partial charge in [-0.2, -0.15) is 0 Å². The van der Waals surface area contributed by atoms with E-state index in [1.807, 2.05) is 25.1 Å². The first-order chi connectivity index (χ1) is 7.61. The van der Waals surface area contributed by atoms with Crippen LogP contribution in [0.15, 0.2) is 33.5 Å². The van der Waals surface area contributed by atoms with Crippen LogP contribution in [0.5, 0.6) is 0 Å². The molecule has 2 aromatic rings. The number of fused-ring (bicyclic) bond motifs is 1. The normalized spacial score (nSPS) is 10.4. The lowest BCUT2D eigenvalue weighted by Crippen LogP contribution is -2.09. The smallest absolute Gasteiger partial charge is 0.193 e. The molecular weight excluding hydrogens is 206 g/mol. The summed E-state index contributed by atoms with van der Waals surface area (Å²) < 4.78 is 5.24. The summed E-state index contributed by atoms with van der Waals surface area (Å²) in [6.07, 6.45) is 0.528. The minimum Gasteiger partial charge on any atom is -0.453 e. The number of hydrogen-bond donors (Lipinski definition) is 0. The minimum atomic E-state index is -0.202. The Morgan fingerprint density at radius 3 is 2.62 bits per heavy atom. The summed E-state index contributed by atoms with van der Waals surface area (Å²) in [6.45, 7) is 0. The van der Waals surface area contributed by atoms with E-state index in [1.165, 1.54) is 6.07 Å². The molecule has 82 valence electrons. The SMILES string of the molecule is CN(C)c1ccc2oc(C=O)cc(=O)c2c1. The molecule has 0 N–H and O–H groups in total. The molecule has 0 fully saturated rings. The van der Waals surface area contributed by atoms with Crippen LogP contribution in [0.25, 0.3) is 11.0 Å². The molecule has 0 amide bonds. The average Bonchev–Trinajstić information content (AvgIpc) is 2.28. The lowest BCUT2D eigenvalue weighted by Gasteiger charge is -2.12. The highest BCUT2D eigenvalue weighted by molar-refractivity contribution is 5.83. The molecule has 0 spiro atoms. The van der Waals surface area contributed by atoms with E-state index in [2.05, 4.69) is 0 Å². The molecule has 0 aliphatic carbocycles. The summed E-state index contributed by atoms with van der Waals surface area (Å²) >= 11 is 0. The van der Waals surface area contributed by atoms with Gasteiger partial charge < -0.3 is 9.32 Å². The van der Waals surface area contributed by atoms with Crippen LogP contribution in [-0.2, 0) is 0 Å². The van der Waals surface area contributed by atoms with Crippen molar-refractivity contribution in [2.45, 2.75) is 0 Å². The molecule has 0 bridgehead atoms. The van der Waals surface area contributed by atoms with Gasteiger partial charge in [-0.1, -0.05) is 0 Å². The third-order valence-electron chi connectivity index (χ3n) is 2.36. The maximum Gasteiger partial charge on any atom is 0.193 e. The first kappa shape index (κ1) is 10.4. The Kier molecular flexibility index (Phi) is 2.48. The van der Waals surface area contributed by atoms with Crippen molar-refractivity contribution in [3.63, 3.8) is 0 Å². The summed E-state index contributed by atoms with van der Waals surface area (Å²) in [6, 6.07) is 6.48. The molecule has 16 heavy (non-hydrogen) atoms. The molecule has 1 aromatic carbocycles. The number of aldehydes is 1. The van der Waals surface area contributed by atoms with Crippen molar-refractivity contribution in [2.75, 3.05) is 19.0 Å². The Labute approximate surface area is 92.1 Å². The zero-order valence-corrected chi connectivity index (χ0v) is 9.06. The van der Waals surface area contributed by atoms with Gasteiger partial charge in [-0.3, -0.25) is 9.59 Å². The van der Waals surface area contributed by atoms with E-state index in [-0.39, 0.29) is 11.2 Å². The molecule has 0 aliphatic rings. The van der Waals surface area contributed by atoms with Gasteiger partial charge in [0.25, 0.3) is 0 Å². The van der Waals surface area contributed by atoms with Crippen molar-refractivity contribution < 1.29 is 9.21 Å². The van der Waals surface area contributed by atoms with Gasteiger partial charge in [0.05, 0.1) is 5.39 Å². The third kappa shape index (κ3) is 1.69. The fraction of sp³-hybridized carbons (Fsp3) is 0.167. The van der Waals surface area contributed by atoms with Crippen LogP contribution < -0.4 is 10.3 Å². The average molecular weight is 217 g/mol. The van der Waals surface area contributed by atoms with E-state index in [4.69, 9.17) is 4.42 Å². The van der Waals surface area contributed by atoms with E-state index < -0.39 is 0 Å². The van der Waals surface area contributed by atoms with Crippen molar-refractivity contribution in [3.8, 4) is 0 Å². The van der Waals surface area contributed by atoms with E-state index in [0.717, 1.165) is 5.69 Å². The highest BCUT2D eigenvalue weighted by Gasteiger charge is 2.05. The zero-order chi connectivity index (χ0) is 11.7. The second-order valence-electron chi connectivity index (χ2n) is 3.71. The van der Waals surface area contributed by atoms with E-state index >= 15 is 0 Å². The monoisotopic (exact) mass is 217 g/mol. The van der Waals surface area contributed by atoms with Gasteiger partial charge in [-0.25, -0.2) is 0 Å². The van der Waals surface area contributed by atoms with Crippen LogP contribution >= 0.6 is 0 Å². The Hall–Kier alpha value is -2.10. The molecule has 0 radical (unpaired) electrons. The highest BCUT2D eigenvalue weighted by atomic mass is 16.3. The molecule has 4 heteroatoms. The number of nitrogens with zero attached hydrogens (tertiary/aromatic N) is 1. The number of hydrogen-bond acceptors (Lipinski definition) is 4. The van der Waals surface area contributed by atoms with Gasteiger partial charge in [-0.05, 0) is 18.2 Å². The van der Waals surface area contributed by atoms with Crippen LogP contribution in [0.4, 0.5) is 5.69 Å². The molecule has 1 heterocycles. The Morgan fingerprint density at radius 2 is 2.00 bits per heavy atom. The van der Waals surface area contributed by atoms with Crippen LogP contribution in [0.1, 0.15) is 10.6 Å². The molecular formula is C12H11NO3. The molecule has 0 saturated heterocycles. The second kappa shape index (κ2) is 3.81. The zero-order valence-electron chi connectivity index (χ0n) is 9.06. The quantitative estimate of drug-likeness (QED) is 0.718. The summed E-state index contributed by atoms with van der Waals surface area (Å²) in [5, 5.41) is 0.483. The van der Waals surface area contributed by atoms with Gasteiger partial charge in [-0.15, -0.1) is 0 Å². The number of benzene rings is 1. The van der Waals surface area contributed by atoms with Crippen molar-refractivity contribution in [1.82, 2.24) is 0 Å². The topological polar surface area (TPSA) is 50.5 Å². The number of anilines is 1. The second-order valence-corrected chi connectivity index (χ2v) is 3.71. The Balaban J connectivity index is 2.75. The lowest BCUT2D eigenvalue weighted by atomic mass is 10.2. The predicted molar refractivity (Wildman–Crippen MR) is 62.2 cm³/mol. The maximum atomic E-state index is 11.7. The highest BCUT2D eigenvalue weighted by Crippen LogP contribution is 2.18. The lowest BCUT2D eigenvalue weighted by molar-refractivity contribution is 0.110. The Morgan fingerprint density at radius 1 is 1.25 bits per heavy atom. The fourth-order valence-corrected chi connectivity index (χ4v) is 1.50. The molecule has 0 saturated carbocycles. The molecule has 2 rings (SSSR count). The van der Waals surface area contributed by atoms with Gasteiger partial charge in [0.1, 0.15) is 5.58 Å². The van der Waals surface area contributed by atoms with Gasteiger partial charge in [0, 0.05) is 25.8 Å². The fourth-order valence-electron chi connectivity index (χ4n) is 1.50. The van der Waals surface area contributed by atoms with Crippen LogP contribution in [0, 0.1) is 0 Å². The molecule has 4 nitrogen and oxygen atoms in total. The standard InChI is InChI=1S/C12H11NO3/c1-13(2)8-3-4-12-10(5-8)11(15)6-9(7-14)16-12/h3-7H,1-2H3. The van der Waals surface area contributed by atoms with Gasteiger partial charge >= 0.3 is 0 Å². The summed E-state index contributed by atoms with van der Waals surface area (Å²) in [5.41, 5.74) is 1.14. The first-order valence-corrected chi connectivity index (χ1v) is 4.82. The summed E-state index contributed by atoms with van der Waals surface area (Å²) in [7, 11) is 3.78. The third-order valence-corrected chi connectivity index (χ3v) is 2.36. The largest absolute Gasteiger partial charge is 0.453 e. The maximum absolute atomic E-state index is 11.7. The van der Waals surface area contributed by atoms with Gasteiger partial charge in [0.2, 0.25) is 0 Å². The van der Waals surface area contributed by atoms with Crippen molar-refractivity contribution >= 4 is 22.9 Å². The summed E-state index contributed by atoms with van der Waals surface area (Å²) in [4.78, 5) is 24.1. The van der Waals surface area contributed by atoms with Crippen molar-refractivity contribution in [2.24, 2.45) is 0 Å². The first-order valence-electron chi connectivity index (χ1n) is 4.82. The number of carbonyl (C=O) groups is 1. The van der Waals surface area contributed by atoms with Crippen LogP contribution in [-0.4, -0.2) is 20.4 Å². The predicted octanol–water partition coefficient (Wildman–Crippen LogP) is 1.67. The summed E-state index contributed by atoms with van der Waals surface area (Å²) in [5.74, 6) is 0.0510. The van der Waals surface area contributed by atoms with Gasteiger partial charge in [0.15, 0.2) is 17.5 Å². The van der Waals surface area contributed by atoms with E-state index in [0.29, 0.717) is 17.3 Å². The van der Waals surface area contributed by atoms with Crippen LogP contribution in [0.3, 0.4) is 0 Å². The molecule has 0 atom stereocenters.